The third-order valence-electron chi connectivity index (χ3n) is 1.69. The summed E-state index contributed by atoms with van der Waals surface area (Å²) in [6.45, 7) is 2.80. The van der Waals surface area contributed by atoms with Crippen molar-refractivity contribution in [2.75, 3.05) is 0 Å². The molecule has 0 amide bonds. The smallest absolute Gasteiger partial charge is 0.384 e. The van der Waals surface area contributed by atoms with Crippen molar-refractivity contribution in [1.82, 2.24) is 4.98 Å². The van der Waals surface area contributed by atoms with E-state index >= 15 is 0 Å². The molecule has 0 aliphatic heterocycles. The van der Waals surface area contributed by atoms with Gasteiger partial charge in [0, 0.05) is 18.0 Å². The number of aliphatic hydroxyl groups is 1. The molecule has 0 aromatic carbocycles. The lowest BCUT2D eigenvalue weighted by molar-refractivity contribution is -0.105. The van der Waals surface area contributed by atoms with E-state index in [-0.39, 0.29) is 5.56 Å². The molecule has 0 saturated heterocycles. The average Bonchev–Trinajstić information content (AvgIpc) is 2.15. The highest BCUT2D eigenvalue weighted by atomic mass is 19.4. The van der Waals surface area contributed by atoms with Crippen molar-refractivity contribution in [2.45, 2.75) is 12.3 Å². The summed E-state index contributed by atoms with van der Waals surface area (Å²) >= 11 is 0. The van der Waals surface area contributed by atoms with Crippen molar-refractivity contribution in [3.05, 3.63) is 42.2 Å². The quantitative estimate of drug-likeness (QED) is 0.747. The number of pyridine rings is 1. The molecule has 76 valence electrons. The van der Waals surface area contributed by atoms with Gasteiger partial charge in [0.2, 0.25) is 0 Å². The molecular weight excluding hydrogens is 195 g/mol. The van der Waals surface area contributed by atoms with Gasteiger partial charge in [-0.15, -0.1) is 0 Å². The first-order valence-electron chi connectivity index (χ1n) is 3.77. The minimum Gasteiger partial charge on any atom is -0.384 e. The van der Waals surface area contributed by atoms with E-state index < -0.39 is 17.9 Å². The zero-order valence-electron chi connectivity index (χ0n) is 7.12. The first kappa shape index (κ1) is 10.7. The molecule has 2 nitrogen and oxygen atoms in total. The summed E-state index contributed by atoms with van der Waals surface area (Å²) in [6.07, 6.45) is -3.76. The molecule has 1 atom stereocenters. The Morgan fingerprint density at radius 3 is 2.57 bits per heavy atom. The Balaban J connectivity index is 2.87. The lowest BCUT2D eigenvalue weighted by atomic mass is 10.0. The van der Waals surface area contributed by atoms with Crippen LogP contribution in [0.5, 0.6) is 0 Å². The fourth-order valence-corrected chi connectivity index (χ4v) is 0.894. The van der Waals surface area contributed by atoms with Gasteiger partial charge in [0.1, 0.15) is 6.10 Å². The number of alkyl halides is 3. The maximum atomic E-state index is 12.1. The molecule has 0 saturated carbocycles. The molecule has 1 unspecified atom stereocenters. The Hall–Kier alpha value is -1.36. The van der Waals surface area contributed by atoms with Gasteiger partial charge in [0.25, 0.3) is 0 Å². The minimum atomic E-state index is -4.59. The molecule has 0 radical (unpaired) electrons. The Labute approximate surface area is 78.7 Å². The van der Waals surface area contributed by atoms with Gasteiger partial charge in [0.15, 0.2) is 0 Å². The van der Waals surface area contributed by atoms with Gasteiger partial charge in [-0.05, 0) is 6.07 Å². The summed E-state index contributed by atoms with van der Waals surface area (Å²) in [6, 6.07) is 2.80. The molecule has 5 heteroatoms. The molecule has 1 N–H and O–H groups in total. The van der Waals surface area contributed by atoms with E-state index in [4.69, 9.17) is 0 Å². The van der Waals surface area contributed by atoms with Crippen molar-refractivity contribution in [2.24, 2.45) is 0 Å². The third-order valence-corrected chi connectivity index (χ3v) is 1.69. The molecule has 0 aliphatic carbocycles. The molecule has 0 fully saturated rings. The summed E-state index contributed by atoms with van der Waals surface area (Å²) in [5.41, 5.74) is -1.11. The zero-order chi connectivity index (χ0) is 10.8. The molecule has 1 aromatic heterocycles. The molecule has 1 rings (SSSR count). The van der Waals surface area contributed by atoms with Crippen LogP contribution < -0.4 is 0 Å². The summed E-state index contributed by atoms with van der Waals surface area (Å²) in [5, 5.41) is 9.27. The first-order valence-corrected chi connectivity index (χ1v) is 3.77. The largest absolute Gasteiger partial charge is 0.414 e. The second kappa shape index (κ2) is 3.79. The van der Waals surface area contributed by atoms with Crippen LogP contribution in [0.2, 0.25) is 0 Å². The van der Waals surface area contributed by atoms with Gasteiger partial charge in [0.05, 0.1) is 5.57 Å². The highest BCUT2D eigenvalue weighted by molar-refractivity contribution is 5.23. The second-order valence-corrected chi connectivity index (χ2v) is 2.71. The van der Waals surface area contributed by atoms with E-state index in [1.165, 1.54) is 24.5 Å². The highest BCUT2D eigenvalue weighted by Gasteiger charge is 2.36. The first-order chi connectivity index (χ1) is 6.43. The predicted octanol–water partition coefficient (Wildman–Crippen LogP) is 2.23. The van der Waals surface area contributed by atoms with Crippen LogP contribution in [0, 0.1) is 0 Å². The van der Waals surface area contributed by atoms with E-state index in [1.807, 2.05) is 0 Å². The van der Waals surface area contributed by atoms with Crippen LogP contribution in [-0.4, -0.2) is 16.3 Å². The van der Waals surface area contributed by atoms with Crippen LogP contribution in [0.3, 0.4) is 0 Å². The third kappa shape index (κ3) is 2.32. The fourth-order valence-electron chi connectivity index (χ4n) is 0.894. The fraction of sp³-hybridized carbons (Fsp3) is 0.222. The van der Waals surface area contributed by atoms with Crippen molar-refractivity contribution >= 4 is 0 Å². The summed E-state index contributed by atoms with van der Waals surface area (Å²) in [7, 11) is 0. The van der Waals surface area contributed by atoms with Crippen molar-refractivity contribution in [3.63, 3.8) is 0 Å². The van der Waals surface area contributed by atoms with Gasteiger partial charge in [-0.25, -0.2) is 0 Å². The molecule has 0 aliphatic rings. The summed E-state index contributed by atoms with van der Waals surface area (Å²) in [5.74, 6) is 0. The lowest BCUT2D eigenvalue weighted by Crippen LogP contribution is -2.17. The number of hydrogen-bond donors (Lipinski definition) is 1. The van der Waals surface area contributed by atoms with Crippen molar-refractivity contribution < 1.29 is 18.3 Å². The average molecular weight is 203 g/mol. The van der Waals surface area contributed by atoms with Crippen molar-refractivity contribution in [1.29, 1.82) is 0 Å². The van der Waals surface area contributed by atoms with Gasteiger partial charge >= 0.3 is 6.18 Å². The van der Waals surface area contributed by atoms with E-state index in [0.717, 1.165) is 0 Å². The van der Waals surface area contributed by atoms with Crippen LogP contribution in [-0.2, 0) is 0 Å². The van der Waals surface area contributed by atoms with Gasteiger partial charge in [-0.3, -0.25) is 4.98 Å². The standard InChI is InChI=1S/C9H8F3NO/c1-6(9(10,11)12)8(14)7-3-2-4-13-5-7/h2-5,8,14H,1H2. The predicted molar refractivity (Wildman–Crippen MR) is 44.4 cm³/mol. The summed E-state index contributed by atoms with van der Waals surface area (Å²) < 4.78 is 36.3. The molecule has 0 bridgehead atoms. The Morgan fingerprint density at radius 1 is 1.50 bits per heavy atom. The van der Waals surface area contributed by atoms with Crippen LogP contribution in [0.1, 0.15) is 11.7 Å². The molecular formula is C9H8F3NO. The molecule has 1 heterocycles. The number of aromatic nitrogens is 1. The Morgan fingerprint density at radius 2 is 2.14 bits per heavy atom. The highest BCUT2D eigenvalue weighted by Crippen LogP contribution is 2.33. The summed E-state index contributed by atoms with van der Waals surface area (Å²) in [4.78, 5) is 3.60. The Bertz CT molecular complexity index is 321. The molecule has 0 spiro atoms. The topological polar surface area (TPSA) is 33.1 Å². The van der Waals surface area contributed by atoms with Crippen LogP contribution in [0.25, 0.3) is 0 Å². The zero-order valence-corrected chi connectivity index (χ0v) is 7.12. The second-order valence-electron chi connectivity index (χ2n) is 2.71. The van der Waals surface area contributed by atoms with Crippen molar-refractivity contribution in [3.8, 4) is 0 Å². The number of aliphatic hydroxyl groups excluding tert-OH is 1. The van der Waals surface area contributed by atoms with Crippen LogP contribution in [0.15, 0.2) is 36.7 Å². The van der Waals surface area contributed by atoms with E-state index in [1.54, 1.807) is 0 Å². The van der Waals surface area contributed by atoms with Gasteiger partial charge in [-0.1, -0.05) is 12.6 Å². The number of hydrogen-bond acceptors (Lipinski definition) is 2. The maximum Gasteiger partial charge on any atom is 0.414 e. The minimum absolute atomic E-state index is 0.0785. The molecule has 14 heavy (non-hydrogen) atoms. The normalized spacial score (nSPS) is 13.7. The van der Waals surface area contributed by atoms with Crippen LogP contribution in [0.4, 0.5) is 13.2 Å². The SMILES string of the molecule is C=C(C(O)c1cccnc1)C(F)(F)F. The van der Waals surface area contributed by atoms with E-state index in [2.05, 4.69) is 11.6 Å². The molecule has 1 aromatic rings. The van der Waals surface area contributed by atoms with Crippen LogP contribution >= 0.6 is 0 Å². The Kier molecular flexibility index (Phi) is 2.90. The maximum absolute atomic E-state index is 12.1. The lowest BCUT2D eigenvalue weighted by Gasteiger charge is -2.16. The monoisotopic (exact) mass is 203 g/mol. The van der Waals surface area contributed by atoms with Gasteiger partial charge < -0.3 is 5.11 Å². The van der Waals surface area contributed by atoms with Gasteiger partial charge in [-0.2, -0.15) is 13.2 Å². The number of halogens is 3. The van der Waals surface area contributed by atoms with E-state index in [0.29, 0.717) is 0 Å². The number of nitrogens with zero attached hydrogens (tertiary/aromatic N) is 1. The van der Waals surface area contributed by atoms with E-state index in [9.17, 15) is 18.3 Å². The number of rotatable bonds is 2.